The standard InChI is InChI=1S/C8H6N2O2/c11-10(12)9-6-5-7-3-1-2-4-8(7)9/h1-6H. The third-order valence-corrected chi connectivity index (χ3v) is 1.75. The highest BCUT2D eigenvalue weighted by atomic mass is 16.7. The number of nitro groups is 1. The molecule has 0 radical (unpaired) electrons. The molecule has 12 heavy (non-hydrogen) atoms. The van der Waals surface area contributed by atoms with Crippen molar-refractivity contribution < 1.29 is 5.03 Å². The molecule has 0 aliphatic rings. The van der Waals surface area contributed by atoms with E-state index in [0.717, 1.165) is 10.1 Å². The van der Waals surface area contributed by atoms with E-state index in [1.165, 1.54) is 6.20 Å². The van der Waals surface area contributed by atoms with Gasteiger partial charge in [0, 0.05) is 5.39 Å². The molecule has 2 aromatic rings. The molecular formula is C8H6N2O2. The van der Waals surface area contributed by atoms with Crippen LogP contribution in [-0.2, 0) is 0 Å². The Morgan fingerprint density at radius 2 is 2.00 bits per heavy atom. The third kappa shape index (κ3) is 0.852. The van der Waals surface area contributed by atoms with Gasteiger partial charge in [-0.25, -0.2) is 10.1 Å². The molecule has 1 aromatic heterocycles. The van der Waals surface area contributed by atoms with E-state index in [1.54, 1.807) is 18.2 Å². The lowest BCUT2D eigenvalue weighted by molar-refractivity contribution is -0.537. The number of hydrogen-bond donors (Lipinski definition) is 0. The summed E-state index contributed by atoms with van der Waals surface area (Å²) >= 11 is 0. The van der Waals surface area contributed by atoms with Crippen LogP contribution in [0.5, 0.6) is 0 Å². The third-order valence-electron chi connectivity index (χ3n) is 1.75. The van der Waals surface area contributed by atoms with Gasteiger partial charge in [-0.15, -0.1) is 0 Å². The first-order valence-corrected chi connectivity index (χ1v) is 3.50. The van der Waals surface area contributed by atoms with E-state index >= 15 is 0 Å². The van der Waals surface area contributed by atoms with Gasteiger partial charge in [0.05, 0.1) is 6.20 Å². The van der Waals surface area contributed by atoms with Gasteiger partial charge in [-0.2, -0.15) is 0 Å². The van der Waals surface area contributed by atoms with Gasteiger partial charge >= 0.3 is 0 Å². The van der Waals surface area contributed by atoms with E-state index in [1.807, 2.05) is 12.1 Å². The van der Waals surface area contributed by atoms with Gasteiger partial charge in [-0.1, -0.05) is 22.9 Å². The Balaban J connectivity index is 2.79. The van der Waals surface area contributed by atoms with Crippen molar-refractivity contribution in [2.24, 2.45) is 0 Å². The van der Waals surface area contributed by atoms with E-state index in [9.17, 15) is 10.1 Å². The van der Waals surface area contributed by atoms with Crippen LogP contribution in [0, 0.1) is 10.1 Å². The largest absolute Gasteiger partial charge is 0.234 e. The highest BCUT2D eigenvalue weighted by Gasteiger charge is 2.05. The van der Waals surface area contributed by atoms with Gasteiger partial charge in [-0.05, 0) is 12.1 Å². The summed E-state index contributed by atoms with van der Waals surface area (Å²) in [6.07, 6.45) is 1.45. The van der Waals surface area contributed by atoms with Crippen molar-refractivity contribution in [3.8, 4) is 0 Å². The number of rotatable bonds is 1. The molecule has 0 amide bonds. The number of fused-ring (bicyclic) bond motifs is 1. The Labute approximate surface area is 68.2 Å². The molecule has 0 N–H and O–H groups in total. The van der Waals surface area contributed by atoms with Crippen LogP contribution in [0.2, 0.25) is 0 Å². The molecule has 0 bridgehead atoms. The molecule has 4 heteroatoms. The van der Waals surface area contributed by atoms with Crippen molar-refractivity contribution in [2.75, 3.05) is 0 Å². The number of benzene rings is 1. The topological polar surface area (TPSA) is 48.1 Å². The molecule has 0 saturated heterocycles. The first-order valence-electron chi connectivity index (χ1n) is 3.50. The van der Waals surface area contributed by atoms with Crippen molar-refractivity contribution in [1.29, 1.82) is 0 Å². The van der Waals surface area contributed by atoms with Gasteiger partial charge in [0.2, 0.25) is 0 Å². The average molecular weight is 162 g/mol. The second-order valence-electron chi connectivity index (χ2n) is 2.46. The first-order chi connectivity index (χ1) is 5.79. The normalized spacial score (nSPS) is 10.3. The van der Waals surface area contributed by atoms with E-state index in [0.29, 0.717) is 5.52 Å². The number of hydrogen-bond acceptors (Lipinski definition) is 2. The first kappa shape index (κ1) is 6.84. The molecule has 0 unspecified atom stereocenters. The van der Waals surface area contributed by atoms with Crippen LogP contribution in [0.1, 0.15) is 0 Å². The fourth-order valence-electron chi connectivity index (χ4n) is 1.21. The Bertz CT molecular complexity index is 433. The van der Waals surface area contributed by atoms with E-state index in [-0.39, 0.29) is 0 Å². The summed E-state index contributed by atoms with van der Waals surface area (Å²) in [5.74, 6) is 0. The molecule has 60 valence electrons. The maximum atomic E-state index is 10.4. The van der Waals surface area contributed by atoms with Crippen molar-refractivity contribution in [1.82, 2.24) is 4.68 Å². The van der Waals surface area contributed by atoms with Crippen molar-refractivity contribution in [3.63, 3.8) is 0 Å². The van der Waals surface area contributed by atoms with Gasteiger partial charge in [-0.3, -0.25) is 0 Å². The lowest BCUT2D eigenvalue weighted by atomic mass is 10.3. The number of para-hydroxylation sites is 1. The van der Waals surface area contributed by atoms with E-state index in [2.05, 4.69) is 0 Å². The molecule has 4 nitrogen and oxygen atoms in total. The lowest BCUT2D eigenvalue weighted by Crippen LogP contribution is -2.05. The lowest BCUT2D eigenvalue weighted by Gasteiger charge is -1.91. The fraction of sp³-hybridized carbons (Fsp3) is 0. The van der Waals surface area contributed by atoms with Crippen LogP contribution in [0.15, 0.2) is 36.5 Å². The molecular weight excluding hydrogens is 156 g/mol. The zero-order valence-electron chi connectivity index (χ0n) is 6.18. The molecule has 1 heterocycles. The van der Waals surface area contributed by atoms with Crippen LogP contribution >= 0.6 is 0 Å². The second kappa shape index (κ2) is 2.34. The van der Waals surface area contributed by atoms with Crippen LogP contribution < -0.4 is 0 Å². The minimum atomic E-state index is -0.442. The maximum Gasteiger partial charge on any atom is 0.169 e. The Hall–Kier alpha value is -1.84. The van der Waals surface area contributed by atoms with Gasteiger partial charge in [0.1, 0.15) is 5.52 Å². The minimum absolute atomic E-state index is 0.442. The zero-order chi connectivity index (χ0) is 8.55. The molecule has 0 fully saturated rings. The molecule has 1 aromatic carbocycles. The summed E-state index contributed by atoms with van der Waals surface area (Å²) < 4.78 is 1.01. The quantitative estimate of drug-likeness (QED) is 0.473. The molecule has 2 rings (SSSR count). The summed E-state index contributed by atoms with van der Waals surface area (Å²) in [5, 5.41) is 10.9. The molecule has 0 saturated carbocycles. The van der Waals surface area contributed by atoms with Crippen LogP contribution in [0.25, 0.3) is 10.9 Å². The van der Waals surface area contributed by atoms with Gasteiger partial charge in [0.25, 0.3) is 0 Å². The number of nitrogens with zero attached hydrogens (tertiary/aromatic N) is 2. The zero-order valence-corrected chi connectivity index (χ0v) is 6.18. The van der Waals surface area contributed by atoms with Gasteiger partial charge in [0.15, 0.2) is 5.03 Å². The monoisotopic (exact) mass is 162 g/mol. The van der Waals surface area contributed by atoms with Crippen molar-refractivity contribution in [3.05, 3.63) is 46.6 Å². The number of aromatic nitrogens is 1. The predicted octanol–water partition coefficient (Wildman–Crippen LogP) is 1.68. The Morgan fingerprint density at radius 1 is 1.25 bits per heavy atom. The molecule has 0 atom stereocenters. The fourth-order valence-corrected chi connectivity index (χ4v) is 1.21. The highest BCUT2D eigenvalue weighted by molar-refractivity contribution is 5.79. The maximum absolute atomic E-state index is 10.4. The molecule has 0 spiro atoms. The average Bonchev–Trinajstić information content (AvgIpc) is 2.47. The smallest absolute Gasteiger partial charge is 0.169 e. The van der Waals surface area contributed by atoms with Crippen LogP contribution in [0.3, 0.4) is 0 Å². The summed E-state index contributed by atoms with van der Waals surface area (Å²) in [5.41, 5.74) is 0.627. The Morgan fingerprint density at radius 3 is 2.75 bits per heavy atom. The predicted molar refractivity (Wildman–Crippen MR) is 44.3 cm³/mol. The summed E-state index contributed by atoms with van der Waals surface area (Å²) in [4.78, 5) is 10.4. The Kier molecular flexibility index (Phi) is 1.33. The minimum Gasteiger partial charge on any atom is -0.234 e. The summed E-state index contributed by atoms with van der Waals surface area (Å²) in [6.45, 7) is 0. The van der Waals surface area contributed by atoms with Crippen LogP contribution in [-0.4, -0.2) is 9.71 Å². The van der Waals surface area contributed by atoms with E-state index in [4.69, 9.17) is 0 Å². The van der Waals surface area contributed by atoms with Crippen molar-refractivity contribution in [2.45, 2.75) is 0 Å². The van der Waals surface area contributed by atoms with Crippen LogP contribution in [0.4, 0.5) is 0 Å². The molecule has 0 aliphatic carbocycles. The van der Waals surface area contributed by atoms with Crippen molar-refractivity contribution >= 4 is 10.9 Å². The summed E-state index contributed by atoms with van der Waals surface area (Å²) in [6, 6.07) is 8.92. The molecule has 0 aliphatic heterocycles. The summed E-state index contributed by atoms with van der Waals surface area (Å²) in [7, 11) is 0. The SMILES string of the molecule is O=[N+]([O-])n1ccc2ccccc21. The van der Waals surface area contributed by atoms with Gasteiger partial charge < -0.3 is 0 Å². The van der Waals surface area contributed by atoms with E-state index < -0.39 is 5.03 Å². The highest BCUT2D eigenvalue weighted by Crippen LogP contribution is 2.13. The second-order valence-corrected chi connectivity index (χ2v) is 2.46.